The molecule has 1 aliphatic carbocycles. The smallest absolute Gasteiger partial charge is 0.222 e. The fourth-order valence-electron chi connectivity index (χ4n) is 2.89. The molecular formula is C14H25NO2. The molecule has 0 bridgehead atoms. The minimum absolute atomic E-state index is 0.175. The van der Waals surface area contributed by atoms with Crippen molar-refractivity contribution in [2.45, 2.75) is 76.4 Å². The fraction of sp³-hybridized carbons (Fsp3) is 0.929. The van der Waals surface area contributed by atoms with Crippen LogP contribution in [-0.2, 0) is 9.53 Å². The summed E-state index contributed by atoms with van der Waals surface area (Å²) in [6.07, 6.45) is 11.7. The molecular weight excluding hydrogens is 214 g/mol. The van der Waals surface area contributed by atoms with Gasteiger partial charge in [-0.05, 0) is 32.1 Å². The van der Waals surface area contributed by atoms with Crippen LogP contribution in [0.3, 0.4) is 0 Å². The first-order valence-corrected chi connectivity index (χ1v) is 7.25. The Morgan fingerprint density at radius 3 is 2.35 bits per heavy atom. The number of ether oxygens (including phenoxy) is 1. The van der Waals surface area contributed by atoms with E-state index in [1.807, 2.05) is 0 Å². The maximum absolute atomic E-state index is 11.9. The van der Waals surface area contributed by atoms with Crippen LogP contribution in [0.15, 0.2) is 0 Å². The van der Waals surface area contributed by atoms with E-state index >= 15 is 0 Å². The first-order chi connectivity index (χ1) is 8.34. The van der Waals surface area contributed by atoms with Gasteiger partial charge >= 0.3 is 0 Å². The third kappa shape index (κ3) is 4.66. The first-order valence-electron chi connectivity index (χ1n) is 7.25. The molecule has 1 heterocycles. The minimum Gasteiger partial charge on any atom is -0.378 e. The maximum atomic E-state index is 11.9. The summed E-state index contributed by atoms with van der Waals surface area (Å²) in [5.41, 5.74) is 0. The topological polar surface area (TPSA) is 38.3 Å². The molecule has 2 aliphatic rings. The number of nitrogens with one attached hydrogen (secondary N) is 1. The van der Waals surface area contributed by atoms with Crippen LogP contribution in [0.4, 0.5) is 0 Å². The van der Waals surface area contributed by atoms with Crippen LogP contribution in [0.5, 0.6) is 0 Å². The van der Waals surface area contributed by atoms with Gasteiger partial charge in [0.1, 0.15) is 0 Å². The van der Waals surface area contributed by atoms with E-state index in [1.54, 1.807) is 0 Å². The molecule has 0 aromatic carbocycles. The van der Waals surface area contributed by atoms with Gasteiger partial charge in [-0.25, -0.2) is 0 Å². The molecule has 3 nitrogen and oxygen atoms in total. The number of hydrogen-bond acceptors (Lipinski definition) is 2. The van der Waals surface area contributed by atoms with Crippen LogP contribution < -0.4 is 5.32 Å². The van der Waals surface area contributed by atoms with E-state index in [9.17, 15) is 4.79 Å². The first kappa shape index (κ1) is 12.9. The molecule has 1 aliphatic heterocycles. The highest BCUT2D eigenvalue weighted by molar-refractivity contribution is 5.76. The number of carbonyl (C=O) groups excluding carboxylic acids is 1. The summed E-state index contributed by atoms with van der Waals surface area (Å²) in [6, 6.07) is 0.425. The van der Waals surface area contributed by atoms with Gasteiger partial charge in [0.05, 0.1) is 12.5 Å². The molecule has 17 heavy (non-hydrogen) atoms. The molecule has 0 radical (unpaired) electrons. The van der Waals surface area contributed by atoms with Crippen molar-refractivity contribution in [3.63, 3.8) is 0 Å². The summed E-state index contributed by atoms with van der Waals surface area (Å²) in [4.78, 5) is 11.9. The maximum Gasteiger partial charge on any atom is 0.222 e. The zero-order valence-corrected chi connectivity index (χ0v) is 10.7. The molecule has 1 atom stereocenters. The lowest BCUT2D eigenvalue weighted by atomic mass is 10.0. The van der Waals surface area contributed by atoms with Gasteiger partial charge in [0.25, 0.3) is 0 Å². The Bertz CT molecular complexity index is 228. The van der Waals surface area contributed by atoms with Crippen LogP contribution in [-0.4, -0.2) is 24.7 Å². The molecule has 2 fully saturated rings. The summed E-state index contributed by atoms with van der Waals surface area (Å²) in [6.45, 7) is 0.835. The van der Waals surface area contributed by atoms with Gasteiger partial charge < -0.3 is 10.1 Å². The highest BCUT2D eigenvalue weighted by Gasteiger charge is 2.20. The molecule has 0 aromatic heterocycles. The lowest BCUT2D eigenvalue weighted by molar-refractivity contribution is -0.125. The highest BCUT2D eigenvalue weighted by Crippen LogP contribution is 2.19. The standard InChI is InChI=1S/C14H25NO2/c16-14(11-13-9-5-6-10-17-13)15-12-7-3-1-2-4-8-12/h12-13H,1-11H2,(H,15,16). The third-order valence-corrected chi connectivity index (χ3v) is 3.91. The minimum atomic E-state index is 0.175. The number of carbonyl (C=O) groups is 1. The van der Waals surface area contributed by atoms with Gasteiger partial charge in [-0.1, -0.05) is 25.7 Å². The zero-order valence-electron chi connectivity index (χ0n) is 10.7. The van der Waals surface area contributed by atoms with Crippen molar-refractivity contribution in [1.29, 1.82) is 0 Å². The molecule has 0 aromatic rings. The summed E-state index contributed by atoms with van der Waals surface area (Å²) in [5, 5.41) is 3.19. The van der Waals surface area contributed by atoms with Crippen molar-refractivity contribution in [1.82, 2.24) is 5.32 Å². The van der Waals surface area contributed by atoms with Crippen molar-refractivity contribution in [3.8, 4) is 0 Å². The summed E-state index contributed by atoms with van der Waals surface area (Å²) in [7, 11) is 0. The van der Waals surface area contributed by atoms with E-state index in [0.29, 0.717) is 12.5 Å². The molecule has 1 N–H and O–H groups in total. The molecule has 0 spiro atoms. The van der Waals surface area contributed by atoms with Gasteiger partial charge in [-0.2, -0.15) is 0 Å². The molecule has 2 rings (SSSR count). The average Bonchev–Trinajstić information content (AvgIpc) is 2.59. The monoisotopic (exact) mass is 239 g/mol. The second-order valence-corrected chi connectivity index (χ2v) is 5.45. The molecule has 1 unspecified atom stereocenters. The van der Waals surface area contributed by atoms with Crippen LogP contribution in [0.1, 0.15) is 64.2 Å². The van der Waals surface area contributed by atoms with Gasteiger partial charge in [-0.3, -0.25) is 4.79 Å². The Kier molecular flexibility index (Phi) is 5.30. The quantitative estimate of drug-likeness (QED) is 0.769. The Balaban J connectivity index is 1.68. The van der Waals surface area contributed by atoms with Gasteiger partial charge in [0, 0.05) is 12.6 Å². The van der Waals surface area contributed by atoms with E-state index in [0.717, 1.165) is 32.3 Å². The van der Waals surface area contributed by atoms with E-state index in [2.05, 4.69) is 5.32 Å². The van der Waals surface area contributed by atoms with Crippen molar-refractivity contribution in [2.24, 2.45) is 0 Å². The Labute approximate surface area is 104 Å². The lowest BCUT2D eigenvalue weighted by Crippen LogP contribution is -2.37. The van der Waals surface area contributed by atoms with E-state index in [1.165, 1.54) is 32.1 Å². The SMILES string of the molecule is O=C(CC1CCCCO1)NC1CCCCCC1. The van der Waals surface area contributed by atoms with Gasteiger partial charge in [0.15, 0.2) is 0 Å². The second kappa shape index (κ2) is 7.00. The summed E-state index contributed by atoms with van der Waals surface area (Å²) in [5.74, 6) is 0.198. The highest BCUT2D eigenvalue weighted by atomic mass is 16.5. The van der Waals surface area contributed by atoms with Gasteiger partial charge in [-0.15, -0.1) is 0 Å². The second-order valence-electron chi connectivity index (χ2n) is 5.45. The Hall–Kier alpha value is -0.570. The molecule has 98 valence electrons. The van der Waals surface area contributed by atoms with Crippen LogP contribution in [0.25, 0.3) is 0 Å². The van der Waals surface area contributed by atoms with Crippen molar-refractivity contribution < 1.29 is 9.53 Å². The number of hydrogen-bond donors (Lipinski definition) is 1. The predicted octanol–water partition coefficient (Wildman–Crippen LogP) is 2.78. The molecule has 3 heteroatoms. The summed E-state index contributed by atoms with van der Waals surface area (Å²) < 4.78 is 5.60. The average molecular weight is 239 g/mol. The van der Waals surface area contributed by atoms with E-state index in [4.69, 9.17) is 4.74 Å². The molecule has 1 amide bonds. The zero-order chi connectivity index (χ0) is 11.9. The van der Waals surface area contributed by atoms with Crippen molar-refractivity contribution >= 4 is 5.91 Å². The van der Waals surface area contributed by atoms with Crippen LogP contribution >= 0.6 is 0 Å². The molecule has 1 saturated carbocycles. The van der Waals surface area contributed by atoms with Crippen molar-refractivity contribution in [3.05, 3.63) is 0 Å². The number of amides is 1. The Morgan fingerprint density at radius 2 is 1.71 bits per heavy atom. The van der Waals surface area contributed by atoms with Crippen molar-refractivity contribution in [2.75, 3.05) is 6.61 Å². The van der Waals surface area contributed by atoms with Crippen LogP contribution in [0, 0.1) is 0 Å². The lowest BCUT2D eigenvalue weighted by Gasteiger charge is -2.23. The normalized spacial score (nSPS) is 27.4. The number of rotatable bonds is 3. The van der Waals surface area contributed by atoms with Crippen LogP contribution in [0.2, 0.25) is 0 Å². The van der Waals surface area contributed by atoms with E-state index in [-0.39, 0.29) is 12.0 Å². The summed E-state index contributed by atoms with van der Waals surface area (Å²) >= 11 is 0. The van der Waals surface area contributed by atoms with Gasteiger partial charge in [0.2, 0.25) is 5.91 Å². The molecule has 1 saturated heterocycles. The van der Waals surface area contributed by atoms with E-state index < -0.39 is 0 Å². The largest absolute Gasteiger partial charge is 0.378 e. The third-order valence-electron chi connectivity index (χ3n) is 3.91. The Morgan fingerprint density at radius 1 is 1.00 bits per heavy atom. The predicted molar refractivity (Wildman–Crippen MR) is 67.8 cm³/mol. The fourth-order valence-corrected chi connectivity index (χ4v) is 2.89.